The van der Waals surface area contributed by atoms with Gasteiger partial charge in [0.1, 0.15) is 10.7 Å². The van der Waals surface area contributed by atoms with Gasteiger partial charge in [-0.1, -0.05) is 24.3 Å². The van der Waals surface area contributed by atoms with Crippen LogP contribution in [0.3, 0.4) is 0 Å². The third kappa shape index (κ3) is 4.57. The molecular weight excluding hydrogens is 502 g/mol. The van der Waals surface area contributed by atoms with E-state index < -0.39 is 10.0 Å². The summed E-state index contributed by atoms with van der Waals surface area (Å²) in [7, 11) is -3.94. The predicted molar refractivity (Wildman–Crippen MR) is 148 cm³/mol. The summed E-state index contributed by atoms with van der Waals surface area (Å²) in [6.45, 7) is 3.35. The molecule has 5 N–H and O–H groups in total. The molecule has 2 unspecified atom stereocenters. The highest BCUT2D eigenvalue weighted by Crippen LogP contribution is 2.39. The minimum absolute atomic E-state index is 0.0631. The minimum Gasteiger partial charge on any atom is -0.383 e. The first kappa shape index (κ1) is 24.7. The number of hydrogen-bond donors (Lipinski definition) is 3. The van der Waals surface area contributed by atoms with Crippen LogP contribution in [0, 0.1) is 0 Å². The summed E-state index contributed by atoms with van der Waals surface area (Å²) in [5.41, 5.74) is 16.1. The molecule has 1 aliphatic heterocycles. The largest absolute Gasteiger partial charge is 0.383 e. The predicted octanol–water partition coefficient (Wildman–Crippen LogP) is 3.49. The number of aromatic nitrogens is 3. The van der Waals surface area contributed by atoms with Crippen molar-refractivity contribution in [3.8, 4) is 11.1 Å². The Balaban J connectivity index is 1.37. The van der Waals surface area contributed by atoms with Gasteiger partial charge >= 0.3 is 0 Å². The van der Waals surface area contributed by atoms with Crippen molar-refractivity contribution in [2.24, 2.45) is 0 Å². The Labute approximate surface area is 221 Å². The van der Waals surface area contributed by atoms with Crippen LogP contribution in [-0.2, 0) is 14.8 Å². The van der Waals surface area contributed by atoms with Crippen molar-refractivity contribution in [1.29, 1.82) is 0 Å². The number of benzene rings is 2. The zero-order valence-corrected chi connectivity index (χ0v) is 21.8. The Morgan fingerprint density at radius 1 is 0.947 bits per heavy atom. The number of rotatable bonds is 6. The third-order valence-corrected chi connectivity index (χ3v) is 8.95. The van der Waals surface area contributed by atoms with Gasteiger partial charge in [-0.3, -0.25) is 9.62 Å². The van der Waals surface area contributed by atoms with E-state index in [2.05, 4.69) is 24.2 Å². The quantitative estimate of drug-likeness (QED) is 0.342. The average molecular weight is 534 g/mol. The summed E-state index contributed by atoms with van der Waals surface area (Å²) in [5, 5.41) is 0. The van der Waals surface area contributed by atoms with Crippen LogP contribution in [0.5, 0.6) is 0 Å². The number of para-hydroxylation sites is 1. The lowest BCUT2D eigenvalue weighted by Crippen LogP contribution is -2.45. The number of morpholine rings is 1. The van der Waals surface area contributed by atoms with Crippen LogP contribution in [0.15, 0.2) is 65.7 Å². The number of nitrogens with zero attached hydrogens (tertiary/aromatic N) is 4. The monoisotopic (exact) mass is 533 g/mol. The molecular formula is C27H31N7O3S. The van der Waals surface area contributed by atoms with E-state index in [1.807, 2.05) is 24.3 Å². The highest BCUT2D eigenvalue weighted by molar-refractivity contribution is 7.92. The normalized spacial score (nSPS) is 20.6. The fourth-order valence-corrected chi connectivity index (χ4v) is 6.91. The molecule has 2 aromatic carbocycles. The van der Waals surface area contributed by atoms with E-state index in [1.165, 1.54) is 0 Å². The SMILES string of the molecule is Nc1ncc(-c2ccc3nc(N)n(C4CCCC4N4CCOCC4)c3c2)cc1S(=O)(=O)Nc1ccccc1. The summed E-state index contributed by atoms with van der Waals surface area (Å²) in [6, 6.07) is 16.7. The van der Waals surface area contributed by atoms with Gasteiger partial charge in [-0.2, -0.15) is 0 Å². The van der Waals surface area contributed by atoms with Crippen LogP contribution < -0.4 is 16.2 Å². The number of sulfonamides is 1. The van der Waals surface area contributed by atoms with Crippen LogP contribution in [0.25, 0.3) is 22.2 Å². The van der Waals surface area contributed by atoms with Gasteiger partial charge in [0.25, 0.3) is 10.0 Å². The molecule has 2 atom stereocenters. The van der Waals surface area contributed by atoms with Crippen LogP contribution in [0.4, 0.5) is 17.5 Å². The van der Waals surface area contributed by atoms with E-state index in [1.54, 1.807) is 36.5 Å². The van der Waals surface area contributed by atoms with Crippen molar-refractivity contribution in [2.75, 3.05) is 42.5 Å². The van der Waals surface area contributed by atoms with E-state index in [-0.39, 0.29) is 16.8 Å². The summed E-state index contributed by atoms with van der Waals surface area (Å²) < 4.78 is 36.6. The molecule has 2 aromatic heterocycles. The van der Waals surface area contributed by atoms with E-state index >= 15 is 0 Å². The zero-order valence-electron chi connectivity index (χ0n) is 21.0. The summed E-state index contributed by atoms with van der Waals surface area (Å²) in [5.74, 6) is 0.430. The van der Waals surface area contributed by atoms with E-state index in [9.17, 15) is 8.42 Å². The number of hydrogen-bond acceptors (Lipinski definition) is 8. The number of nitrogens with two attached hydrogens (primary N) is 2. The van der Waals surface area contributed by atoms with E-state index in [0.717, 1.165) is 62.2 Å². The van der Waals surface area contributed by atoms with Crippen molar-refractivity contribution >= 4 is 38.5 Å². The van der Waals surface area contributed by atoms with Gasteiger partial charge in [0.15, 0.2) is 0 Å². The topological polar surface area (TPSA) is 141 Å². The maximum Gasteiger partial charge on any atom is 0.265 e. The van der Waals surface area contributed by atoms with Crippen molar-refractivity contribution in [1.82, 2.24) is 19.4 Å². The lowest BCUT2D eigenvalue weighted by Gasteiger charge is -2.36. The number of fused-ring (bicyclic) bond motifs is 1. The first-order chi connectivity index (χ1) is 18.4. The van der Waals surface area contributed by atoms with Crippen molar-refractivity contribution in [3.63, 3.8) is 0 Å². The molecule has 1 saturated carbocycles. The van der Waals surface area contributed by atoms with Crippen LogP contribution in [0.1, 0.15) is 25.3 Å². The lowest BCUT2D eigenvalue weighted by molar-refractivity contribution is 0.0100. The molecule has 2 fully saturated rings. The highest BCUT2D eigenvalue weighted by Gasteiger charge is 2.35. The Hall–Kier alpha value is -3.67. The van der Waals surface area contributed by atoms with Gasteiger partial charge in [0.2, 0.25) is 5.95 Å². The summed E-state index contributed by atoms with van der Waals surface area (Å²) in [6.07, 6.45) is 4.86. The fraction of sp³-hybridized carbons (Fsp3) is 0.333. The van der Waals surface area contributed by atoms with Gasteiger partial charge < -0.3 is 20.8 Å². The second-order valence-electron chi connectivity index (χ2n) is 9.84. The fourth-order valence-electron chi connectivity index (χ4n) is 5.74. The number of imidazole rings is 1. The molecule has 4 aromatic rings. The van der Waals surface area contributed by atoms with Gasteiger partial charge in [0, 0.05) is 36.6 Å². The second-order valence-corrected chi connectivity index (χ2v) is 11.5. The average Bonchev–Trinajstić information content (AvgIpc) is 3.52. The van der Waals surface area contributed by atoms with Crippen molar-refractivity contribution < 1.29 is 13.2 Å². The molecule has 0 amide bonds. The van der Waals surface area contributed by atoms with Crippen LogP contribution in [-0.4, -0.2) is 60.2 Å². The first-order valence-electron chi connectivity index (χ1n) is 12.8. The zero-order chi connectivity index (χ0) is 26.3. The molecule has 3 heterocycles. The molecule has 0 bridgehead atoms. The Morgan fingerprint density at radius 2 is 1.71 bits per heavy atom. The molecule has 0 spiro atoms. The number of anilines is 3. The van der Waals surface area contributed by atoms with Gasteiger partial charge in [-0.05, 0) is 55.2 Å². The van der Waals surface area contributed by atoms with Crippen molar-refractivity contribution in [2.45, 2.75) is 36.2 Å². The standard InChI is InChI=1S/C27H31N7O3S/c28-26-25(38(35,36)32-20-5-2-1-3-6-20)16-19(17-30-26)18-9-10-21-24(15-18)34(27(29)31-21)23-8-4-7-22(23)33-11-13-37-14-12-33/h1-3,5-6,9-10,15-17,22-23,32H,4,7-8,11-14H2,(H2,28,30)(H2,29,31). The smallest absolute Gasteiger partial charge is 0.265 e. The molecule has 1 aliphatic carbocycles. The van der Waals surface area contributed by atoms with Gasteiger partial charge in [-0.15, -0.1) is 0 Å². The number of ether oxygens (including phenoxy) is 1. The molecule has 11 heteroatoms. The molecule has 198 valence electrons. The highest BCUT2D eigenvalue weighted by atomic mass is 32.2. The van der Waals surface area contributed by atoms with Gasteiger partial charge in [-0.25, -0.2) is 18.4 Å². The summed E-state index contributed by atoms with van der Waals surface area (Å²) >= 11 is 0. The maximum absolute atomic E-state index is 13.2. The van der Waals surface area contributed by atoms with Gasteiger partial charge in [0.05, 0.1) is 30.3 Å². The molecule has 0 radical (unpaired) electrons. The lowest BCUT2D eigenvalue weighted by atomic mass is 10.1. The molecule has 10 nitrogen and oxygen atoms in total. The van der Waals surface area contributed by atoms with Crippen LogP contribution >= 0.6 is 0 Å². The Morgan fingerprint density at radius 3 is 2.50 bits per heavy atom. The second kappa shape index (κ2) is 9.90. The number of pyridine rings is 1. The first-order valence-corrected chi connectivity index (χ1v) is 14.3. The maximum atomic E-state index is 13.2. The Bertz CT molecular complexity index is 1570. The van der Waals surface area contributed by atoms with Crippen molar-refractivity contribution in [3.05, 3.63) is 60.8 Å². The molecule has 6 rings (SSSR count). The van der Waals surface area contributed by atoms with E-state index in [0.29, 0.717) is 23.2 Å². The Kier molecular flexibility index (Phi) is 6.42. The molecule has 38 heavy (non-hydrogen) atoms. The number of nitrogen functional groups attached to an aromatic ring is 2. The van der Waals surface area contributed by atoms with Crippen LogP contribution in [0.2, 0.25) is 0 Å². The number of nitrogens with one attached hydrogen (secondary N) is 1. The van der Waals surface area contributed by atoms with E-state index in [4.69, 9.17) is 16.2 Å². The minimum atomic E-state index is -3.94. The molecule has 1 saturated heterocycles. The third-order valence-electron chi connectivity index (χ3n) is 7.54. The summed E-state index contributed by atoms with van der Waals surface area (Å²) in [4.78, 5) is 11.3. The molecule has 2 aliphatic rings.